The molecule has 0 radical (unpaired) electrons. The van der Waals surface area contributed by atoms with Crippen LogP contribution < -0.4 is 10.2 Å². The number of nitrogens with one attached hydrogen (secondary N) is 1. The van der Waals surface area contributed by atoms with Crippen molar-refractivity contribution in [3.05, 3.63) is 29.8 Å². The molecule has 0 spiro atoms. The summed E-state index contributed by atoms with van der Waals surface area (Å²) in [6, 6.07) is 6.85. The molecule has 1 aliphatic heterocycles. The summed E-state index contributed by atoms with van der Waals surface area (Å²) in [5.74, 6) is -0.401. The number of methoxy groups -OCH3 is 1. The maximum atomic E-state index is 12.3. The summed E-state index contributed by atoms with van der Waals surface area (Å²) in [5, 5.41) is 3.68. The molecule has 1 aromatic rings. The third-order valence-electron chi connectivity index (χ3n) is 2.38. The zero-order valence-electron chi connectivity index (χ0n) is 9.45. The lowest BCUT2D eigenvalue weighted by atomic mass is 10.1. The molecule has 7 heteroatoms. The SMILES string of the molecule is COc1ccc(C2=NNC(C(F)(F)F)=NC2)cc1. The first-order valence-corrected chi connectivity index (χ1v) is 5.09. The van der Waals surface area contributed by atoms with Gasteiger partial charge in [0, 0.05) is 0 Å². The van der Waals surface area contributed by atoms with Gasteiger partial charge < -0.3 is 4.74 Å². The third-order valence-corrected chi connectivity index (χ3v) is 2.38. The minimum absolute atomic E-state index is 0.103. The number of hydrogen-bond donors (Lipinski definition) is 1. The van der Waals surface area contributed by atoms with E-state index in [4.69, 9.17) is 4.74 Å². The van der Waals surface area contributed by atoms with Crippen molar-refractivity contribution in [2.45, 2.75) is 6.18 Å². The summed E-state index contributed by atoms with van der Waals surface area (Å²) in [4.78, 5) is 3.42. The molecule has 0 bridgehead atoms. The monoisotopic (exact) mass is 257 g/mol. The lowest BCUT2D eigenvalue weighted by molar-refractivity contribution is -0.0620. The van der Waals surface area contributed by atoms with E-state index in [9.17, 15) is 13.2 Å². The predicted molar refractivity (Wildman–Crippen MR) is 61.0 cm³/mol. The number of benzene rings is 1. The van der Waals surface area contributed by atoms with E-state index in [0.717, 1.165) is 0 Å². The first kappa shape index (κ1) is 12.4. The highest BCUT2D eigenvalue weighted by Crippen LogP contribution is 2.18. The van der Waals surface area contributed by atoms with Gasteiger partial charge in [0.15, 0.2) is 0 Å². The van der Waals surface area contributed by atoms with E-state index < -0.39 is 12.0 Å². The molecule has 0 amide bonds. The molecular formula is C11H10F3N3O. The molecule has 0 saturated carbocycles. The van der Waals surface area contributed by atoms with Crippen LogP contribution in [-0.4, -0.2) is 31.4 Å². The number of nitrogens with zero attached hydrogens (tertiary/aromatic N) is 2. The highest BCUT2D eigenvalue weighted by atomic mass is 19.4. The molecule has 0 fully saturated rings. The van der Waals surface area contributed by atoms with Crippen molar-refractivity contribution in [2.24, 2.45) is 10.1 Å². The standard InChI is InChI=1S/C11H10F3N3O/c1-18-8-4-2-7(3-5-8)9-6-15-10(17-16-9)11(12,13)14/h2-5H,6H2,1H3,(H,15,17). The predicted octanol–water partition coefficient (Wildman–Crippen LogP) is 1.96. The Balaban J connectivity index is 2.11. The molecule has 4 nitrogen and oxygen atoms in total. The molecule has 1 aliphatic rings. The zero-order chi connectivity index (χ0) is 13.2. The van der Waals surface area contributed by atoms with Crippen LogP contribution in [0.25, 0.3) is 0 Å². The summed E-state index contributed by atoms with van der Waals surface area (Å²) in [6.45, 7) is -0.103. The average Bonchev–Trinajstić information content (AvgIpc) is 2.38. The molecule has 96 valence electrons. The Morgan fingerprint density at radius 2 is 1.89 bits per heavy atom. The zero-order valence-corrected chi connectivity index (χ0v) is 9.45. The van der Waals surface area contributed by atoms with Gasteiger partial charge >= 0.3 is 6.18 Å². The van der Waals surface area contributed by atoms with Crippen LogP contribution in [0.15, 0.2) is 34.4 Å². The van der Waals surface area contributed by atoms with E-state index in [1.807, 2.05) is 5.43 Å². The lowest BCUT2D eigenvalue weighted by Crippen LogP contribution is -2.38. The van der Waals surface area contributed by atoms with Crippen molar-refractivity contribution < 1.29 is 17.9 Å². The molecule has 1 N–H and O–H groups in total. The van der Waals surface area contributed by atoms with Crippen LogP contribution in [0.2, 0.25) is 0 Å². The fourth-order valence-electron chi connectivity index (χ4n) is 1.44. The van der Waals surface area contributed by atoms with Crippen molar-refractivity contribution in [2.75, 3.05) is 13.7 Å². The second kappa shape index (κ2) is 4.67. The Morgan fingerprint density at radius 3 is 2.33 bits per heavy atom. The molecular weight excluding hydrogens is 247 g/mol. The quantitative estimate of drug-likeness (QED) is 0.880. The van der Waals surface area contributed by atoms with E-state index in [-0.39, 0.29) is 6.54 Å². The van der Waals surface area contributed by atoms with Gasteiger partial charge in [-0.2, -0.15) is 18.3 Å². The van der Waals surface area contributed by atoms with Crippen molar-refractivity contribution in [3.63, 3.8) is 0 Å². The van der Waals surface area contributed by atoms with E-state index in [2.05, 4.69) is 10.1 Å². The highest BCUT2D eigenvalue weighted by Gasteiger charge is 2.37. The molecule has 0 aromatic heterocycles. The van der Waals surface area contributed by atoms with Gasteiger partial charge in [-0.25, -0.2) is 0 Å². The second-order valence-corrected chi connectivity index (χ2v) is 3.56. The summed E-state index contributed by atoms with van der Waals surface area (Å²) < 4.78 is 41.9. The number of aliphatic imine (C=N–C) groups is 1. The number of ether oxygens (including phenoxy) is 1. The fourth-order valence-corrected chi connectivity index (χ4v) is 1.44. The first-order chi connectivity index (χ1) is 8.50. The number of halogens is 3. The first-order valence-electron chi connectivity index (χ1n) is 5.09. The smallest absolute Gasteiger partial charge is 0.450 e. The van der Waals surface area contributed by atoms with Gasteiger partial charge in [-0.3, -0.25) is 10.4 Å². The topological polar surface area (TPSA) is 46.0 Å². The summed E-state index contributed by atoms with van der Waals surface area (Å²) in [7, 11) is 1.54. The van der Waals surface area contributed by atoms with Crippen LogP contribution in [0.5, 0.6) is 5.75 Å². The number of alkyl halides is 3. The Hall–Kier alpha value is -2.05. The summed E-state index contributed by atoms with van der Waals surface area (Å²) in [5.41, 5.74) is 3.07. The summed E-state index contributed by atoms with van der Waals surface area (Å²) in [6.07, 6.45) is -4.49. The van der Waals surface area contributed by atoms with Crippen molar-refractivity contribution >= 4 is 11.5 Å². The van der Waals surface area contributed by atoms with Crippen LogP contribution in [0.4, 0.5) is 13.2 Å². The Bertz CT molecular complexity index is 491. The van der Waals surface area contributed by atoms with Crippen molar-refractivity contribution in [1.82, 2.24) is 5.43 Å². The van der Waals surface area contributed by atoms with Crippen molar-refractivity contribution in [3.8, 4) is 5.75 Å². The van der Waals surface area contributed by atoms with Crippen molar-refractivity contribution in [1.29, 1.82) is 0 Å². The molecule has 0 atom stereocenters. The number of hydrazone groups is 1. The molecule has 2 rings (SSSR count). The fraction of sp³-hybridized carbons (Fsp3) is 0.273. The average molecular weight is 257 g/mol. The van der Waals surface area contributed by atoms with E-state index in [1.165, 1.54) is 7.11 Å². The number of rotatable bonds is 2. The normalized spacial score (nSPS) is 15.6. The van der Waals surface area contributed by atoms with Crippen LogP contribution in [0, 0.1) is 0 Å². The molecule has 1 heterocycles. The molecule has 18 heavy (non-hydrogen) atoms. The van der Waals surface area contributed by atoms with Gasteiger partial charge in [0.05, 0.1) is 19.4 Å². The van der Waals surface area contributed by atoms with Crippen LogP contribution in [-0.2, 0) is 0 Å². The van der Waals surface area contributed by atoms with Crippen LogP contribution >= 0.6 is 0 Å². The van der Waals surface area contributed by atoms with Crippen LogP contribution in [0.3, 0.4) is 0 Å². The van der Waals surface area contributed by atoms with Gasteiger partial charge in [-0.05, 0) is 29.8 Å². The van der Waals surface area contributed by atoms with E-state index in [0.29, 0.717) is 17.0 Å². The van der Waals surface area contributed by atoms with Gasteiger partial charge in [0.2, 0.25) is 5.84 Å². The number of hydrogen-bond acceptors (Lipinski definition) is 4. The minimum Gasteiger partial charge on any atom is -0.497 e. The van der Waals surface area contributed by atoms with E-state index >= 15 is 0 Å². The second-order valence-electron chi connectivity index (χ2n) is 3.56. The molecule has 0 aliphatic carbocycles. The van der Waals surface area contributed by atoms with Gasteiger partial charge in [-0.1, -0.05) is 0 Å². The van der Waals surface area contributed by atoms with Crippen LogP contribution in [0.1, 0.15) is 5.56 Å². The molecule has 0 saturated heterocycles. The van der Waals surface area contributed by atoms with Gasteiger partial charge in [0.25, 0.3) is 0 Å². The van der Waals surface area contributed by atoms with E-state index in [1.54, 1.807) is 24.3 Å². The van der Waals surface area contributed by atoms with Gasteiger partial charge in [0.1, 0.15) is 5.75 Å². The lowest BCUT2D eigenvalue weighted by Gasteiger charge is -2.15. The third kappa shape index (κ3) is 2.61. The Morgan fingerprint density at radius 1 is 1.22 bits per heavy atom. The maximum absolute atomic E-state index is 12.3. The Kier molecular flexibility index (Phi) is 3.22. The Labute approximate surface area is 101 Å². The maximum Gasteiger partial charge on any atom is 0.450 e. The molecule has 1 aromatic carbocycles. The molecule has 0 unspecified atom stereocenters. The van der Waals surface area contributed by atoms with Gasteiger partial charge in [-0.15, -0.1) is 0 Å². The summed E-state index contributed by atoms with van der Waals surface area (Å²) >= 11 is 0. The largest absolute Gasteiger partial charge is 0.497 e. The highest BCUT2D eigenvalue weighted by molar-refractivity contribution is 6.05. The number of amidine groups is 1. The minimum atomic E-state index is -4.49.